The van der Waals surface area contributed by atoms with E-state index in [4.69, 9.17) is 0 Å². The van der Waals surface area contributed by atoms with Crippen LogP contribution in [0.4, 0.5) is 5.00 Å². The zero-order chi connectivity index (χ0) is 13.8. The lowest BCUT2D eigenvalue weighted by atomic mass is 9.97. The molecule has 0 aromatic carbocycles. The van der Waals surface area contributed by atoms with Gasteiger partial charge in [-0.15, -0.1) is 12.4 Å². The van der Waals surface area contributed by atoms with Crippen LogP contribution in [-0.2, 0) is 0 Å². The molecule has 0 bridgehead atoms. The van der Waals surface area contributed by atoms with E-state index in [1.807, 2.05) is 7.05 Å². The van der Waals surface area contributed by atoms with Crippen LogP contribution in [0.1, 0.15) is 22.5 Å². The third-order valence-electron chi connectivity index (χ3n) is 3.38. The molecule has 8 heteroatoms. The van der Waals surface area contributed by atoms with Gasteiger partial charge in [-0.25, -0.2) is 0 Å². The lowest BCUT2D eigenvalue weighted by molar-refractivity contribution is -0.380. The first-order valence-electron chi connectivity index (χ1n) is 6.30. The Morgan fingerprint density at radius 2 is 2.15 bits per heavy atom. The number of amides is 1. The summed E-state index contributed by atoms with van der Waals surface area (Å²) in [5.41, 5.74) is 0. The number of nitrogens with one attached hydrogen (secondary N) is 1. The second kappa shape index (κ2) is 7.56. The zero-order valence-electron chi connectivity index (χ0n) is 11.2. The predicted octanol–water partition coefficient (Wildman–Crippen LogP) is 2.15. The Morgan fingerprint density at radius 3 is 2.65 bits per heavy atom. The fraction of sp³-hybridized carbons (Fsp3) is 0.583. The van der Waals surface area contributed by atoms with Crippen molar-refractivity contribution in [3.8, 4) is 0 Å². The number of likely N-dealkylation sites (tertiary alicyclic amines) is 1. The lowest BCUT2D eigenvalue weighted by Gasteiger charge is -2.31. The molecule has 0 saturated carbocycles. The van der Waals surface area contributed by atoms with E-state index in [9.17, 15) is 14.9 Å². The summed E-state index contributed by atoms with van der Waals surface area (Å²) < 4.78 is 0. The Kier molecular flexibility index (Phi) is 6.38. The zero-order valence-corrected chi connectivity index (χ0v) is 12.8. The van der Waals surface area contributed by atoms with Gasteiger partial charge < -0.3 is 10.2 Å². The SMILES string of the molecule is CNCC1CCN(C(=O)c2ccc([N+](=O)[O-])s2)CC1.Cl. The molecule has 1 saturated heterocycles. The van der Waals surface area contributed by atoms with Crippen LogP contribution in [0, 0.1) is 16.0 Å². The van der Waals surface area contributed by atoms with Crippen LogP contribution in [0.5, 0.6) is 0 Å². The van der Waals surface area contributed by atoms with E-state index < -0.39 is 4.92 Å². The molecule has 1 aliphatic rings. The van der Waals surface area contributed by atoms with Crippen molar-refractivity contribution in [2.24, 2.45) is 5.92 Å². The van der Waals surface area contributed by atoms with E-state index in [2.05, 4.69) is 5.32 Å². The highest BCUT2D eigenvalue weighted by Crippen LogP contribution is 2.26. The van der Waals surface area contributed by atoms with Crippen molar-refractivity contribution < 1.29 is 9.72 Å². The van der Waals surface area contributed by atoms with Crippen molar-refractivity contribution in [1.82, 2.24) is 10.2 Å². The monoisotopic (exact) mass is 319 g/mol. The number of nitro groups is 1. The van der Waals surface area contributed by atoms with Crippen LogP contribution in [0.25, 0.3) is 0 Å². The summed E-state index contributed by atoms with van der Waals surface area (Å²) in [6.07, 6.45) is 1.97. The van der Waals surface area contributed by atoms with Crippen molar-refractivity contribution in [2.75, 3.05) is 26.7 Å². The Labute approximate surface area is 127 Å². The molecule has 2 heterocycles. The van der Waals surface area contributed by atoms with Gasteiger partial charge in [0.2, 0.25) is 0 Å². The first-order valence-corrected chi connectivity index (χ1v) is 7.11. The number of hydrogen-bond acceptors (Lipinski definition) is 5. The topological polar surface area (TPSA) is 75.5 Å². The van der Waals surface area contributed by atoms with E-state index in [0.29, 0.717) is 10.8 Å². The number of carbonyl (C=O) groups is 1. The highest BCUT2D eigenvalue weighted by Gasteiger charge is 2.25. The summed E-state index contributed by atoms with van der Waals surface area (Å²) in [6.45, 7) is 2.44. The summed E-state index contributed by atoms with van der Waals surface area (Å²) >= 11 is 0.951. The molecule has 1 aliphatic heterocycles. The van der Waals surface area contributed by atoms with Crippen LogP contribution in [-0.4, -0.2) is 42.4 Å². The number of piperidine rings is 1. The number of rotatable bonds is 4. The van der Waals surface area contributed by atoms with Crippen LogP contribution in [0.3, 0.4) is 0 Å². The molecule has 2 rings (SSSR count). The van der Waals surface area contributed by atoms with Crippen molar-refractivity contribution in [3.63, 3.8) is 0 Å². The largest absolute Gasteiger partial charge is 0.338 e. The van der Waals surface area contributed by atoms with Gasteiger partial charge >= 0.3 is 5.00 Å². The minimum atomic E-state index is -0.458. The fourth-order valence-electron chi connectivity index (χ4n) is 2.33. The van der Waals surface area contributed by atoms with Gasteiger partial charge in [-0.3, -0.25) is 14.9 Å². The Hall–Kier alpha value is -1.18. The van der Waals surface area contributed by atoms with Crippen LogP contribution >= 0.6 is 23.7 Å². The molecule has 1 aromatic heterocycles. The molecule has 1 fully saturated rings. The van der Waals surface area contributed by atoms with Gasteiger partial charge in [-0.2, -0.15) is 0 Å². The molecule has 112 valence electrons. The van der Waals surface area contributed by atoms with Crippen molar-refractivity contribution in [3.05, 3.63) is 27.1 Å². The van der Waals surface area contributed by atoms with Gasteiger partial charge in [0.05, 0.1) is 9.80 Å². The minimum Gasteiger partial charge on any atom is -0.338 e. The van der Waals surface area contributed by atoms with Crippen molar-refractivity contribution >= 4 is 34.7 Å². The van der Waals surface area contributed by atoms with Crippen LogP contribution < -0.4 is 5.32 Å². The van der Waals surface area contributed by atoms with Gasteiger partial charge in [-0.1, -0.05) is 11.3 Å². The van der Waals surface area contributed by atoms with E-state index in [1.54, 1.807) is 11.0 Å². The second-order valence-electron chi connectivity index (χ2n) is 4.69. The third kappa shape index (κ3) is 3.91. The van der Waals surface area contributed by atoms with Gasteiger partial charge in [-0.05, 0) is 38.4 Å². The third-order valence-corrected chi connectivity index (χ3v) is 4.40. The normalized spacial score (nSPS) is 15.8. The predicted molar refractivity (Wildman–Crippen MR) is 80.8 cm³/mol. The first kappa shape index (κ1) is 16.9. The molecular weight excluding hydrogens is 302 g/mol. The summed E-state index contributed by atoms with van der Waals surface area (Å²) in [4.78, 5) is 24.6. The maximum Gasteiger partial charge on any atom is 0.324 e. The molecular formula is C12H18ClN3O3S. The molecule has 6 nitrogen and oxygen atoms in total. The summed E-state index contributed by atoms with van der Waals surface area (Å²) in [7, 11) is 1.93. The average Bonchev–Trinajstić information content (AvgIpc) is 2.89. The van der Waals surface area contributed by atoms with Crippen molar-refractivity contribution in [2.45, 2.75) is 12.8 Å². The van der Waals surface area contributed by atoms with E-state index in [-0.39, 0.29) is 23.3 Å². The van der Waals surface area contributed by atoms with E-state index in [0.717, 1.165) is 43.8 Å². The van der Waals surface area contributed by atoms with E-state index >= 15 is 0 Å². The molecule has 0 atom stereocenters. The highest BCUT2D eigenvalue weighted by atomic mass is 35.5. The molecule has 1 amide bonds. The number of halogens is 1. The summed E-state index contributed by atoms with van der Waals surface area (Å²) in [6, 6.07) is 2.94. The lowest BCUT2D eigenvalue weighted by Crippen LogP contribution is -2.40. The smallest absolute Gasteiger partial charge is 0.324 e. The van der Waals surface area contributed by atoms with Crippen LogP contribution in [0.15, 0.2) is 12.1 Å². The standard InChI is InChI=1S/C12H17N3O3S.ClH/c1-13-8-9-4-6-14(7-5-9)12(16)10-2-3-11(19-10)15(17)18;/h2-3,9,13H,4-8H2,1H3;1H. The Morgan fingerprint density at radius 1 is 1.50 bits per heavy atom. The number of carbonyl (C=O) groups excluding carboxylic acids is 1. The second-order valence-corrected chi connectivity index (χ2v) is 5.75. The molecule has 1 N–H and O–H groups in total. The molecule has 0 aliphatic carbocycles. The minimum absolute atomic E-state index is 0. The first-order chi connectivity index (χ1) is 9.11. The van der Waals surface area contributed by atoms with Gasteiger partial charge in [0.1, 0.15) is 0 Å². The molecule has 0 spiro atoms. The summed E-state index contributed by atoms with van der Waals surface area (Å²) in [5.74, 6) is 0.535. The summed E-state index contributed by atoms with van der Waals surface area (Å²) in [5, 5.41) is 13.8. The van der Waals surface area contributed by atoms with E-state index in [1.165, 1.54) is 6.07 Å². The molecule has 20 heavy (non-hydrogen) atoms. The Bertz CT molecular complexity index is 472. The average molecular weight is 320 g/mol. The fourth-order valence-corrected chi connectivity index (χ4v) is 3.11. The van der Waals surface area contributed by atoms with Gasteiger partial charge in [0.15, 0.2) is 0 Å². The van der Waals surface area contributed by atoms with Gasteiger partial charge in [0.25, 0.3) is 5.91 Å². The maximum absolute atomic E-state index is 12.2. The maximum atomic E-state index is 12.2. The molecule has 1 aromatic rings. The Balaban J connectivity index is 0.00000200. The number of nitrogens with zero attached hydrogens (tertiary/aromatic N) is 2. The van der Waals surface area contributed by atoms with Gasteiger partial charge in [0, 0.05) is 19.2 Å². The highest BCUT2D eigenvalue weighted by molar-refractivity contribution is 7.17. The molecule has 0 radical (unpaired) electrons. The number of thiophene rings is 1. The van der Waals surface area contributed by atoms with Crippen LogP contribution in [0.2, 0.25) is 0 Å². The quantitative estimate of drug-likeness (QED) is 0.681. The molecule has 0 unspecified atom stereocenters. The van der Waals surface area contributed by atoms with Crippen molar-refractivity contribution in [1.29, 1.82) is 0 Å². The number of hydrogen-bond donors (Lipinski definition) is 1.